The third-order valence-corrected chi connectivity index (χ3v) is 18.1. The summed E-state index contributed by atoms with van der Waals surface area (Å²) in [6.45, 7) is 76.8. The zero-order valence-electron chi connectivity index (χ0n) is 70.4. The fourth-order valence-corrected chi connectivity index (χ4v) is 11.7. The third-order valence-electron chi connectivity index (χ3n) is 18.1. The molecule has 9 N–H and O–H groups in total. The fraction of sp³-hybridized carbons (Fsp3) is 0.963. The number of amides is 3. The smallest absolute Gasteiger partial charge is 0.237 e. The average Bonchev–Trinajstić information content (AvgIpc) is 0.816. The molecule has 4 atom stereocenters. The quantitative estimate of drug-likeness (QED) is 0.0259. The number of ether oxygens (including phenoxy) is 6. The summed E-state index contributed by atoms with van der Waals surface area (Å²) in [6, 6.07) is -0.581. The molecule has 4 unspecified atom stereocenters. The van der Waals surface area contributed by atoms with Gasteiger partial charge in [0.25, 0.3) is 0 Å². The van der Waals surface area contributed by atoms with Crippen molar-refractivity contribution in [3.8, 4) is 0 Å². The van der Waals surface area contributed by atoms with Crippen LogP contribution in [0.15, 0.2) is 0 Å². The van der Waals surface area contributed by atoms with Crippen LogP contribution in [-0.2, 0) is 42.8 Å². The first-order valence-electron chi connectivity index (χ1n) is 38.5. The molecule has 584 valence electrons. The Morgan fingerprint density at radius 1 is 0.337 bits per heavy atom. The van der Waals surface area contributed by atoms with E-state index in [9.17, 15) is 14.4 Å². The Morgan fingerprint density at radius 3 is 1.00 bits per heavy atom. The SMILES string of the molecule is CC(C)NC(CCCCNC(C)(C)C)C(=O)NCCC(C)(C)OCCC(C)(C)C(C)(C)OCC(CC(C)(C)OC(C)(C)CCOC(C)(C)CCNC(=O)C(CCCCNC(C)(C)C)NC(C)(C)C)OC(C)(C)CCOC(C)(C)CCNC(=O)C(CCCCNC(C)(C)C)NC(C)(C)C. The molecule has 0 spiro atoms. The van der Waals surface area contributed by atoms with Gasteiger partial charge in [-0.1, -0.05) is 47.0 Å². The van der Waals surface area contributed by atoms with Crippen molar-refractivity contribution in [2.24, 2.45) is 5.41 Å². The van der Waals surface area contributed by atoms with Gasteiger partial charge in [0.2, 0.25) is 17.7 Å². The van der Waals surface area contributed by atoms with Gasteiger partial charge in [0.05, 0.1) is 83.3 Å². The standard InChI is InChI=1S/C80H165N9O9/c1-60(2)87-62(40-34-37-49-84-68(3,4)5)65(90)81-52-43-74(20,21)93-55-46-73(18,19)80(32,33)96-59-61(97-77(26,27)47-56-94-75(22,23)44-53-82-66(91)63(88-71(12,13)14)41-35-38-50-85-69(6,7)8)58-79(30,31)98-78(28,29)48-57-95-76(24,25)45-54-83-67(92)64(89-72(15,16)17)42-36-39-51-86-70(9,10)11/h60-64,84-89H,34-59H2,1-33H3,(H,81,90)(H,82,91)(H,83,92). The molecule has 0 aromatic heterocycles. The van der Waals surface area contributed by atoms with Crippen LogP contribution in [0.25, 0.3) is 0 Å². The maximum atomic E-state index is 13.7. The molecule has 0 saturated heterocycles. The number of rotatable bonds is 53. The van der Waals surface area contributed by atoms with Crippen molar-refractivity contribution in [3.05, 3.63) is 0 Å². The van der Waals surface area contributed by atoms with Gasteiger partial charge in [0.15, 0.2) is 0 Å². The van der Waals surface area contributed by atoms with Crippen LogP contribution in [0.5, 0.6) is 0 Å². The third kappa shape index (κ3) is 50.3. The molecule has 0 bridgehead atoms. The summed E-state index contributed by atoms with van der Waals surface area (Å²) < 4.78 is 41.2. The first kappa shape index (κ1) is 95.9. The van der Waals surface area contributed by atoms with Crippen LogP contribution in [0.2, 0.25) is 0 Å². The summed E-state index contributed by atoms with van der Waals surface area (Å²) in [5.41, 5.74) is -4.25. The Morgan fingerprint density at radius 2 is 0.663 bits per heavy atom. The monoisotopic (exact) mass is 1400 g/mol. The molecule has 0 fully saturated rings. The molecule has 0 heterocycles. The summed E-state index contributed by atoms with van der Waals surface area (Å²) in [7, 11) is 0. The Kier molecular flexibility index (Phi) is 41.3. The van der Waals surface area contributed by atoms with E-state index < -0.39 is 39.2 Å². The van der Waals surface area contributed by atoms with Crippen molar-refractivity contribution < 1.29 is 42.8 Å². The predicted molar refractivity (Wildman–Crippen MR) is 414 cm³/mol. The van der Waals surface area contributed by atoms with Gasteiger partial charge < -0.3 is 76.3 Å². The molecule has 18 nitrogen and oxygen atoms in total. The molecular weight excluding hydrogens is 1230 g/mol. The van der Waals surface area contributed by atoms with E-state index in [-0.39, 0.29) is 81.1 Å². The van der Waals surface area contributed by atoms with Gasteiger partial charge >= 0.3 is 0 Å². The van der Waals surface area contributed by atoms with Crippen molar-refractivity contribution in [2.75, 3.05) is 65.7 Å². The van der Waals surface area contributed by atoms with E-state index in [0.717, 1.165) is 83.8 Å². The summed E-state index contributed by atoms with van der Waals surface area (Å²) in [5.74, 6) is 0.107. The van der Waals surface area contributed by atoms with Crippen LogP contribution in [0.3, 0.4) is 0 Å². The summed E-state index contributed by atoms with van der Waals surface area (Å²) in [4.78, 5) is 40.8. The van der Waals surface area contributed by atoms with E-state index in [4.69, 9.17) is 28.4 Å². The Bertz CT molecular complexity index is 2200. The highest BCUT2D eigenvalue weighted by Gasteiger charge is 2.41. The molecule has 18 heteroatoms. The molecule has 0 aromatic rings. The lowest BCUT2D eigenvalue weighted by molar-refractivity contribution is -0.197. The van der Waals surface area contributed by atoms with Crippen LogP contribution < -0.4 is 47.9 Å². The first-order chi connectivity index (χ1) is 44.2. The topological polar surface area (TPSA) is 215 Å². The molecule has 0 radical (unpaired) electrons. The first-order valence-corrected chi connectivity index (χ1v) is 38.5. The molecule has 98 heavy (non-hydrogen) atoms. The minimum atomic E-state index is -0.629. The Labute approximate surface area is 605 Å². The van der Waals surface area contributed by atoms with E-state index >= 15 is 0 Å². The number of unbranched alkanes of at least 4 members (excludes halogenated alkanes) is 3. The van der Waals surface area contributed by atoms with Gasteiger partial charge in [0.1, 0.15) is 0 Å². The largest absolute Gasteiger partial charge is 0.375 e. The molecule has 3 amide bonds. The maximum Gasteiger partial charge on any atom is 0.237 e. The minimum absolute atomic E-state index is 0.0289. The van der Waals surface area contributed by atoms with Gasteiger partial charge in [-0.25, -0.2) is 0 Å². The average molecular weight is 1400 g/mol. The normalized spacial score (nSPS) is 15.4. The van der Waals surface area contributed by atoms with E-state index in [2.05, 4.69) is 276 Å². The molecule has 0 saturated carbocycles. The summed E-state index contributed by atoms with van der Waals surface area (Å²) in [6.07, 6.45) is 12.5. The summed E-state index contributed by atoms with van der Waals surface area (Å²) in [5, 5.41) is 31.0. The van der Waals surface area contributed by atoms with Crippen LogP contribution >= 0.6 is 0 Å². The molecule has 0 aliphatic rings. The van der Waals surface area contributed by atoms with Crippen molar-refractivity contribution >= 4 is 17.7 Å². The van der Waals surface area contributed by atoms with E-state index in [1.54, 1.807) is 0 Å². The lowest BCUT2D eigenvalue weighted by Crippen LogP contribution is -2.52. The molecular formula is C80H165N9O9. The molecule has 0 aliphatic heterocycles. The second-order valence-electron chi connectivity index (χ2n) is 39.0. The van der Waals surface area contributed by atoms with Gasteiger partial charge in [-0.3, -0.25) is 14.4 Å². The van der Waals surface area contributed by atoms with Crippen LogP contribution in [0.1, 0.15) is 331 Å². The zero-order valence-corrected chi connectivity index (χ0v) is 70.4. The van der Waals surface area contributed by atoms with Gasteiger partial charge in [-0.15, -0.1) is 0 Å². The highest BCUT2D eigenvalue weighted by molar-refractivity contribution is 5.82. The minimum Gasteiger partial charge on any atom is -0.375 e. The Balaban J connectivity index is 6.24. The number of carbonyl (C=O) groups excluding carboxylic acids is 3. The molecule has 0 aliphatic carbocycles. The van der Waals surface area contributed by atoms with Crippen LogP contribution in [0.4, 0.5) is 0 Å². The zero-order chi connectivity index (χ0) is 76.1. The van der Waals surface area contributed by atoms with E-state index in [1.165, 1.54) is 0 Å². The predicted octanol–water partition coefficient (Wildman–Crippen LogP) is 14.6. The number of nitrogens with one attached hydrogen (secondary N) is 9. The maximum absolute atomic E-state index is 13.7. The van der Waals surface area contributed by atoms with Gasteiger partial charge in [-0.2, -0.15) is 0 Å². The van der Waals surface area contributed by atoms with Gasteiger partial charge in [-0.05, 0) is 303 Å². The van der Waals surface area contributed by atoms with Gasteiger partial charge in [0, 0.05) is 66.4 Å². The number of carbonyl (C=O) groups is 3. The number of hydrogen-bond donors (Lipinski definition) is 9. The Hall–Kier alpha value is -2.07. The lowest BCUT2D eigenvalue weighted by atomic mass is 9.74. The number of hydrogen-bond acceptors (Lipinski definition) is 15. The molecule has 0 aromatic carbocycles. The van der Waals surface area contributed by atoms with Crippen LogP contribution in [0, 0.1) is 5.41 Å². The van der Waals surface area contributed by atoms with Crippen molar-refractivity contribution in [1.29, 1.82) is 0 Å². The van der Waals surface area contributed by atoms with Crippen molar-refractivity contribution in [2.45, 2.75) is 428 Å². The second kappa shape index (κ2) is 42.2. The highest BCUT2D eigenvalue weighted by atomic mass is 16.6. The van der Waals surface area contributed by atoms with E-state index in [0.29, 0.717) is 84.6 Å². The molecule has 0 rings (SSSR count). The highest BCUT2D eigenvalue weighted by Crippen LogP contribution is 2.39. The second-order valence-corrected chi connectivity index (χ2v) is 39.0. The van der Waals surface area contributed by atoms with Crippen molar-refractivity contribution in [3.63, 3.8) is 0 Å². The summed E-state index contributed by atoms with van der Waals surface area (Å²) >= 11 is 0. The van der Waals surface area contributed by atoms with E-state index in [1.807, 2.05) is 0 Å². The fourth-order valence-electron chi connectivity index (χ4n) is 11.7. The van der Waals surface area contributed by atoms with Crippen molar-refractivity contribution in [1.82, 2.24) is 47.9 Å². The van der Waals surface area contributed by atoms with Crippen LogP contribution in [-0.4, -0.2) is 181 Å². The lowest BCUT2D eigenvalue weighted by Gasteiger charge is -2.44.